The van der Waals surface area contributed by atoms with Crippen LogP contribution in [0, 0.1) is 11.8 Å². The van der Waals surface area contributed by atoms with Gasteiger partial charge in [0.1, 0.15) is 11.5 Å². The van der Waals surface area contributed by atoms with Gasteiger partial charge in [0.15, 0.2) is 13.2 Å². The summed E-state index contributed by atoms with van der Waals surface area (Å²) in [5, 5.41) is 11.7. The lowest BCUT2D eigenvalue weighted by Gasteiger charge is -2.24. The van der Waals surface area contributed by atoms with Crippen molar-refractivity contribution in [3.8, 4) is 11.5 Å². The third-order valence-corrected chi connectivity index (χ3v) is 5.16. The van der Waals surface area contributed by atoms with Crippen LogP contribution in [-0.2, 0) is 14.3 Å². The number of carboxylic acid groups (broad SMARTS) is 1. The second-order valence-electron chi connectivity index (χ2n) is 7.62. The van der Waals surface area contributed by atoms with Gasteiger partial charge in [-0.1, -0.05) is 0 Å². The molecule has 1 amide bonds. The highest BCUT2D eigenvalue weighted by Crippen LogP contribution is 2.44. The molecule has 2 bridgehead atoms. The first-order valence-electron chi connectivity index (χ1n) is 9.59. The first kappa shape index (κ1) is 24.9. The summed E-state index contributed by atoms with van der Waals surface area (Å²) in [7, 11) is 0. The monoisotopic (exact) mass is 489 g/mol. The number of ether oxygens (including phenoxy) is 3. The van der Waals surface area contributed by atoms with Crippen LogP contribution in [-0.4, -0.2) is 60.9 Å². The van der Waals surface area contributed by atoms with Crippen molar-refractivity contribution in [3.05, 3.63) is 18.2 Å². The number of anilines is 1. The molecule has 1 aromatic rings. The normalized spacial score (nSPS) is 24.7. The van der Waals surface area contributed by atoms with Crippen molar-refractivity contribution >= 4 is 17.6 Å². The SMILES string of the molecule is O=C(O)[C@@H]1[C@H](C(=O)Nc2cc(OCC(F)(F)F)cc(OCC(F)(F)C(F)F)c2)[C@H]2CC[C@H]1O2. The highest BCUT2D eigenvalue weighted by atomic mass is 19.4. The number of alkyl halides is 7. The van der Waals surface area contributed by atoms with Crippen molar-refractivity contribution in [3.63, 3.8) is 0 Å². The number of benzene rings is 1. The molecule has 33 heavy (non-hydrogen) atoms. The van der Waals surface area contributed by atoms with Crippen molar-refractivity contribution < 1.29 is 59.6 Å². The van der Waals surface area contributed by atoms with E-state index in [1.54, 1.807) is 0 Å². The molecule has 2 aliphatic rings. The fraction of sp³-hybridized carbons (Fsp3) is 0.579. The minimum Gasteiger partial charge on any atom is -0.487 e. The number of amides is 1. The van der Waals surface area contributed by atoms with E-state index in [4.69, 9.17) is 4.74 Å². The second kappa shape index (κ2) is 9.23. The van der Waals surface area contributed by atoms with Crippen LogP contribution in [0.3, 0.4) is 0 Å². The van der Waals surface area contributed by atoms with E-state index >= 15 is 0 Å². The molecule has 0 radical (unpaired) electrons. The fourth-order valence-electron chi connectivity index (χ4n) is 3.77. The molecule has 7 nitrogen and oxygen atoms in total. The van der Waals surface area contributed by atoms with E-state index in [0.29, 0.717) is 12.8 Å². The maximum absolute atomic E-state index is 13.2. The summed E-state index contributed by atoms with van der Waals surface area (Å²) in [6.07, 6.45) is -9.27. The number of carbonyl (C=O) groups is 2. The van der Waals surface area contributed by atoms with Gasteiger partial charge in [0, 0.05) is 23.9 Å². The molecule has 14 heteroatoms. The summed E-state index contributed by atoms with van der Waals surface area (Å²) >= 11 is 0. The minimum absolute atomic E-state index is 0.276. The third-order valence-electron chi connectivity index (χ3n) is 5.16. The van der Waals surface area contributed by atoms with Crippen LogP contribution in [0.4, 0.5) is 36.4 Å². The summed E-state index contributed by atoms with van der Waals surface area (Å²) in [4.78, 5) is 24.3. The quantitative estimate of drug-likeness (QED) is 0.514. The number of rotatable bonds is 9. The molecule has 2 aliphatic heterocycles. The van der Waals surface area contributed by atoms with Crippen molar-refractivity contribution in [1.29, 1.82) is 0 Å². The molecule has 0 unspecified atom stereocenters. The number of nitrogens with one attached hydrogen (secondary N) is 1. The minimum atomic E-state index is -4.75. The Morgan fingerprint density at radius 3 is 2.06 bits per heavy atom. The van der Waals surface area contributed by atoms with Crippen molar-refractivity contribution in [2.45, 2.75) is 43.6 Å². The molecule has 4 atom stereocenters. The van der Waals surface area contributed by atoms with Gasteiger partial charge < -0.3 is 24.6 Å². The first-order valence-corrected chi connectivity index (χ1v) is 9.59. The zero-order valence-electron chi connectivity index (χ0n) is 16.6. The Morgan fingerprint density at radius 1 is 1.00 bits per heavy atom. The summed E-state index contributed by atoms with van der Waals surface area (Å²) in [6, 6.07) is 2.58. The van der Waals surface area contributed by atoms with E-state index in [-0.39, 0.29) is 5.69 Å². The molecule has 2 heterocycles. The number of hydrogen-bond donors (Lipinski definition) is 2. The predicted molar refractivity (Wildman–Crippen MR) is 95.6 cm³/mol. The molecule has 2 saturated heterocycles. The van der Waals surface area contributed by atoms with Gasteiger partial charge in [-0.25, -0.2) is 8.78 Å². The summed E-state index contributed by atoms with van der Waals surface area (Å²) in [5.41, 5.74) is -0.276. The Balaban J connectivity index is 1.80. The van der Waals surface area contributed by atoms with Crippen molar-refractivity contribution in [1.82, 2.24) is 0 Å². The van der Waals surface area contributed by atoms with Crippen LogP contribution < -0.4 is 14.8 Å². The van der Waals surface area contributed by atoms with Crippen LogP contribution in [0.15, 0.2) is 18.2 Å². The highest BCUT2D eigenvalue weighted by molar-refractivity contribution is 5.96. The van der Waals surface area contributed by atoms with E-state index in [1.165, 1.54) is 0 Å². The molecular formula is C19H18F7NO6. The lowest BCUT2D eigenvalue weighted by Crippen LogP contribution is -2.40. The van der Waals surface area contributed by atoms with E-state index in [9.17, 15) is 45.4 Å². The number of aliphatic carboxylic acids is 1. The van der Waals surface area contributed by atoms with Gasteiger partial charge in [-0.2, -0.15) is 22.0 Å². The largest absolute Gasteiger partial charge is 0.487 e. The van der Waals surface area contributed by atoms with Gasteiger partial charge >= 0.3 is 24.5 Å². The number of halogens is 7. The molecule has 3 rings (SSSR count). The average Bonchev–Trinajstić information content (AvgIpc) is 3.32. The van der Waals surface area contributed by atoms with Gasteiger partial charge in [-0.05, 0) is 12.8 Å². The molecule has 0 aliphatic carbocycles. The predicted octanol–water partition coefficient (Wildman–Crippen LogP) is 3.72. The standard InChI is InChI=1S/C19H18F7NO6/c20-17(21)18(22,23)6-31-9-3-8(4-10(5-9)32-7-19(24,25)26)27-15(28)13-11-1-2-12(33-11)14(13)16(29)30/h3-5,11-14,17H,1-2,6-7H2,(H,27,28)(H,29,30)/t11-,12-,13-,14+/m1/s1. The van der Waals surface area contributed by atoms with E-state index in [2.05, 4.69) is 14.8 Å². The fourth-order valence-corrected chi connectivity index (χ4v) is 3.77. The molecule has 0 spiro atoms. The lowest BCUT2D eigenvalue weighted by molar-refractivity contribution is -0.153. The number of carbonyl (C=O) groups excluding carboxylic acids is 1. The molecular weight excluding hydrogens is 471 g/mol. The van der Waals surface area contributed by atoms with E-state index in [1.807, 2.05) is 0 Å². The Morgan fingerprint density at radius 2 is 1.55 bits per heavy atom. The Labute approximate surface area is 181 Å². The Hall–Kier alpha value is -2.77. The van der Waals surface area contributed by atoms with Crippen LogP contribution in [0.1, 0.15) is 12.8 Å². The van der Waals surface area contributed by atoms with E-state index in [0.717, 1.165) is 18.2 Å². The maximum atomic E-state index is 13.2. The molecule has 1 aromatic carbocycles. The van der Waals surface area contributed by atoms with E-state index < -0.39 is 79.2 Å². The summed E-state index contributed by atoms with van der Waals surface area (Å²) in [5.74, 6) is -10.0. The average molecular weight is 489 g/mol. The first-order chi connectivity index (χ1) is 15.3. The van der Waals surface area contributed by atoms with Gasteiger partial charge in [0.25, 0.3) is 0 Å². The van der Waals surface area contributed by atoms with Crippen LogP contribution >= 0.6 is 0 Å². The smallest absolute Gasteiger partial charge is 0.422 e. The highest BCUT2D eigenvalue weighted by Gasteiger charge is 2.55. The molecule has 184 valence electrons. The zero-order chi connectivity index (χ0) is 24.6. The number of carboxylic acids is 1. The Bertz CT molecular complexity index is 894. The molecule has 2 fully saturated rings. The summed E-state index contributed by atoms with van der Waals surface area (Å²) in [6.45, 7) is -3.56. The van der Waals surface area contributed by atoms with Crippen molar-refractivity contribution in [2.24, 2.45) is 11.8 Å². The van der Waals surface area contributed by atoms with Crippen LogP contribution in [0.2, 0.25) is 0 Å². The molecule has 2 N–H and O–H groups in total. The molecule has 0 aromatic heterocycles. The van der Waals surface area contributed by atoms with Crippen molar-refractivity contribution in [2.75, 3.05) is 18.5 Å². The maximum Gasteiger partial charge on any atom is 0.422 e. The van der Waals surface area contributed by atoms with Gasteiger partial charge in [0.2, 0.25) is 5.91 Å². The third kappa shape index (κ3) is 5.97. The Kier molecular flexibility index (Phi) is 6.96. The second-order valence-corrected chi connectivity index (χ2v) is 7.62. The van der Waals surface area contributed by atoms with Gasteiger partial charge in [-0.3, -0.25) is 9.59 Å². The van der Waals surface area contributed by atoms with Gasteiger partial charge in [-0.15, -0.1) is 0 Å². The molecule has 0 saturated carbocycles. The number of hydrogen-bond acceptors (Lipinski definition) is 5. The topological polar surface area (TPSA) is 94.1 Å². The summed E-state index contributed by atoms with van der Waals surface area (Å²) < 4.78 is 103. The number of fused-ring (bicyclic) bond motifs is 2. The van der Waals surface area contributed by atoms with Crippen LogP contribution in [0.5, 0.6) is 11.5 Å². The van der Waals surface area contributed by atoms with Gasteiger partial charge in [0.05, 0.1) is 24.0 Å². The van der Waals surface area contributed by atoms with Crippen LogP contribution in [0.25, 0.3) is 0 Å². The lowest BCUT2D eigenvalue weighted by atomic mass is 9.78. The zero-order valence-corrected chi connectivity index (χ0v) is 16.6.